The molecule has 0 aromatic heterocycles. The lowest BCUT2D eigenvalue weighted by atomic mass is 10.1. The second-order valence-electron chi connectivity index (χ2n) is 7.43. The molecule has 1 aliphatic rings. The minimum atomic E-state index is -0.531. The van der Waals surface area contributed by atoms with Crippen LogP contribution in [0.1, 0.15) is 18.1 Å². The van der Waals surface area contributed by atoms with Gasteiger partial charge in [0, 0.05) is 16.6 Å². The van der Waals surface area contributed by atoms with Crippen LogP contribution in [0.5, 0.6) is 11.5 Å². The number of non-ortho nitro benzene ring substituents is 1. The van der Waals surface area contributed by atoms with Gasteiger partial charge in [0.2, 0.25) is 0 Å². The standard InChI is InChI=1S/C25H20BrN3O6/c1-2-34-22-13-17(12-21-24(30)28(25(31)27-21)18-6-4-3-5-7-18)20(26)14-23(22)35-15-16-8-10-19(11-9-16)29(32)33/h3-14H,2,15H2,1H3,(H,27,31)/b21-12+. The van der Waals surface area contributed by atoms with Gasteiger partial charge in [-0.2, -0.15) is 0 Å². The van der Waals surface area contributed by atoms with Crippen LogP contribution in [0, 0.1) is 10.1 Å². The Bertz CT molecular complexity index is 1310. The molecule has 0 spiro atoms. The molecule has 4 rings (SSSR count). The van der Waals surface area contributed by atoms with Crippen molar-refractivity contribution in [3.63, 3.8) is 0 Å². The predicted octanol–water partition coefficient (Wildman–Crippen LogP) is 5.43. The molecule has 3 aromatic rings. The monoisotopic (exact) mass is 537 g/mol. The number of anilines is 1. The fraction of sp³-hybridized carbons (Fsp3) is 0.120. The van der Waals surface area contributed by atoms with Crippen LogP contribution in [0.25, 0.3) is 6.08 Å². The van der Waals surface area contributed by atoms with Gasteiger partial charge in [0.25, 0.3) is 11.6 Å². The van der Waals surface area contributed by atoms with Gasteiger partial charge in [0.1, 0.15) is 12.3 Å². The molecular formula is C25H20BrN3O6. The lowest BCUT2D eigenvalue weighted by molar-refractivity contribution is -0.384. The van der Waals surface area contributed by atoms with Crippen molar-refractivity contribution in [2.45, 2.75) is 13.5 Å². The highest BCUT2D eigenvalue weighted by molar-refractivity contribution is 9.10. The summed E-state index contributed by atoms with van der Waals surface area (Å²) in [6.45, 7) is 2.38. The summed E-state index contributed by atoms with van der Waals surface area (Å²) in [7, 11) is 0. The lowest BCUT2D eigenvalue weighted by Crippen LogP contribution is -2.30. The van der Waals surface area contributed by atoms with E-state index in [1.807, 2.05) is 6.92 Å². The first-order chi connectivity index (χ1) is 16.9. The molecule has 3 amide bonds. The number of imide groups is 1. The van der Waals surface area contributed by atoms with E-state index in [4.69, 9.17) is 9.47 Å². The Morgan fingerprint density at radius 3 is 2.37 bits per heavy atom. The fourth-order valence-corrected chi connectivity index (χ4v) is 3.86. The van der Waals surface area contributed by atoms with Crippen LogP contribution >= 0.6 is 15.9 Å². The number of nitro groups is 1. The van der Waals surface area contributed by atoms with Gasteiger partial charge < -0.3 is 14.8 Å². The van der Waals surface area contributed by atoms with E-state index in [0.29, 0.717) is 33.8 Å². The largest absolute Gasteiger partial charge is 0.490 e. The van der Waals surface area contributed by atoms with Gasteiger partial charge in [-0.1, -0.05) is 34.1 Å². The number of benzene rings is 3. The maximum absolute atomic E-state index is 12.9. The molecule has 35 heavy (non-hydrogen) atoms. The van der Waals surface area contributed by atoms with Crippen molar-refractivity contribution in [2.24, 2.45) is 0 Å². The molecule has 3 aromatic carbocycles. The molecule has 0 aliphatic carbocycles. The summed E-state index contributed by atoms with van der Waals surface area (Å²) in [6, 6.07) is 17.6. The Hall–Kier alpha value is -4.18. The fourth-order valence-electron chi connectivity index (χ4n) is 3.42. The minimum Gasteiger partial charge on any atom is -0.490 e. The molecule has 0 saturated carbocycles. The smallest absolute Gasteiger partial charge is 0.333 e. The third kappa shape index (κ3) is 5.33. The quantitative estimate of drug-likeness (QED) is 0.177. The van der Waals surface area contributed by atoms with Gasteiger partial charge >= 0.3 is 6.03 Å². The summed E-state index contributed by atoms with van der Waals surface area (Å²) in [5.41, 5.74) is 1.96. The summed E-state index contributed by atoms with van der Waals surface area (Å²) in [6.07, 6.45) is 1.57. The van der Waals surface area contributed by atoms with E-state index in [-0.39, 0.29) is 18.0 Å². The maximum Gasteiger partial charge on any atom is 0.333 e. The normalized spacial score (nSPS) is 14.2. The molecule has 1 heterocycles. The number of carbonyl (C=O) groups is 2. The number of nitrogens with zero attached hydrogens (tertiary/aromatic N) is 2. The molecule has 1 saturated heterocycles. The number of halogens is 1. The molecule has 1 N–H and O–H groups in total. The zero-order valence-electron chi connectivity index (χ0n) is 18.6. The summed E-state index contributed by atoms with van der Waals surface area (Å²) in [5.74, 6) is 0.428. The number of hydrogen-bond acceptors (Lipinski definition) is 6. The van der Waals surface area contributed by atoms with E-state index in [9.17, 15) is 19.7 Å². The van der Waals surface area contributed by atoms with E-state index in [2.05, 4.69) is 21.2 Å². The highest BCUT2D eigenvalue weighted by atomic mass is 79.9. The molecule has 0 bridgehead atoms. The van der Waals surface area contributed by atoms with Crippen LogP contribution in [-0.4, -0.2) is 23.5 Å². The first-order valence-corrected chi connectivity index (χ1v) is 11.4. The van der Waals surface area contributed by atoms with E-state index < -0.39 is 16.9 Å². The zero-order valence-corrected chi connectivity index (χ0v) is 20.2. The number of hydrogen-bond donors (Lipinski definition) is 1. The Kier molecular flexibility index (Phi) is 7.11. The molecule has 1 fully saturated rings. The number of ether oxygens (including phenoxy) is 2. The summed E-state index contributed by atoms with van der Waals surface area (Å²) < 4.78 is 12.2. The molecule has 10 heteroatoms. The second kappa shape index (κ2) is 10.4. The van der Waals surface area contributed by atoms with Crippen molar-refractivity contribution in [1.29, 1.82) is 0 Å². The van der Waals surface area contributed by atoms with Crippen molar-refractivity contribution in [2.75, 3.05) is 11.5 Å². The SMILES string of the molecule is CCOc1cc(/C=C2/NC(=O)N(c3ccccc3)C2=O)c(Br)cc1OCc1ccc([N+](=O)[O-])cc1. The van der Waals surface area contributed by atoms with Gasteiger partial charge in [-0.3, -0.25) is 14.9 Å². The molecule has 178 valence electrons. The Morgan fingerprint density at radius 1 is 1.03 bits per heavy atom. The van der Waals surface area contributed by atoms with Crippen LogP contribution in [0.4, 0.5) is 16.2 Å². The number of nitrogens with one attached hydrogen (secondary N) is 1. The van der Waals surface area contributed by atoms with Crippen molar-refractivity contribution < 1.29 is 24.0 Å². The van der Waals surface area contributed by atoms with Crippen molar-refractivity contribution >= 4 is 45.3 Å². The third-order valence-corrected chi connectivity index (χ3v) is 5.78. The molecule has 9 nitrogen and oxygen atoms in total. The van der Waals surface area contributed by atoms with Gasteiger partial charge in [-0.05, 0) is 60.5 Å². The highest BCUT2D eigenvalue weighted by Crippen LogP contribution is 2.36. The van der Waals surface area contributed by atoms with Gasteiger partial charge in [0.05, 0.1) is 17.2 Å². The number of rotatable bonds is 8. The summed E-state index contributed by atoms with van der Waals surface area (Å²) in [4.78, 5) is 36.8. The first-order valence-electron chi connectivity index (χ1n) is 10.6. The Balaban J connectivity index is 1.57. The van der Waals surface area contributed by atoms with E-state index >= 15 is 0 Å². The van der Waals surface area contributed by atoms with Crippen LogP contribution in [0.3, 0.4) is 0 Å². The van der Waals surface area contributed by atoms with Crippen LogP contribution in [0.15, 0.2) is 76.9 Å². The van der Waals surface area contributed by atoms with E-state index in [0.717, 1.165) is 10.5 Å². The topological polar surface area (TPSA) is 111 Å². The molecule has 0 unspecified atom stereocenters. The summed E-state index contributed by atoms with van der Waals surface area (Å²) >= 11 is 3.49. The van der Waals surface area contributed by atoms with Crippen molar-refractivity contribution in [3.8, 4) is 11.5 Å². The second-order valence-corrected chi connectivity index (χ2v) is 8.28. The number of nitro benzene ring substituents is 1. The predicted molar refractivity (Wildman–Crippen MR) is 133 cm³/mol. The van der Waals surface area contributed by atoms with Crippen LogP contribution in [-0.2, 0) is 11.4 Å². The van der Waals surface area contributed by atoms with E-state index in [1.54, 1.807) is 60.7 Å². The average Bonchev–Trinajstić information content (AvgIpc) is 3.13. The minimum absolute atomic E-state index is 0.00303. The molecular weight excluding hydrogens is 518 g/mol. The molecule has 0 atom stereocenters. The Morgan fingerprint density at radius 2 is 1.71 bits per heavy atom. The van der Waals surface area contributed by atoms with E-state index in [1.165, 1.54) is 12.1 Å². The lowest BCUT2D eigenvalue weighted by Gasteiger charge is -2.14. The van der Waals surface area contributed by atoms with Crippen LogP contribution < -0.4 is 19.7 Å². The first kappa shape index (κ1) is 24.0. The molecule has 0 radical (unpaired) electrons. The Labute approximate surface area is 209 Å². The van der Waals surface area contributed by atoms with Gasteiger partial charge in [-0.15, -0.1) is 0 Å². The maximum atomic E-state index is 12.9. The van der Waals surface area contributed by atoms with Crippen molar-refractivity contribution in [1.82, 2.24) is 5.32 Å². The average molecular weight is 538 g/mol. The number of para-hydroxylation sites is 1. The summed E-state index contributed by atoms with van der Waals surface area (Å²) in [5, 5.41) is 13.4. The highest BCUT2D eigenvalue weighted by Gasteiger charge is 2.34. The number of urea groups is 1. The number of amides is 3. The van der Waals surface area contributed by atoms with Crippen molar-refractivity contribution in [3.05, 3.63) is 98.1 Å². The van der Waals surface area contributed by atoms with Gasteiger partial charge in [0.15, 0.2) is 11.5 Å². The third-order valence-electron chi connectivity index (χ3n) is 5.10. The number of carbonyl (C=O) groups excluding carboxylic acids is 2. The van der Waals surface area contributed by atoms with Gasteiger partial charge in [-0.25, -0.2) is 9.69 Å². The van der Waals surface area contributed by atoms with Crippen LogP contribution in [0.2, 0.25) is 0 Å². The molecule has 1 aliphatic heterocycles. The zero-order chi connectivity index (χ0) is 24.9.